The van der Waals surface area contributed by atoms with Crippen molar-refractivity contribution in [3.05, 3.63) is 47.5 Å². The smallest absolute Gasteiger partial charge is 0.326 e. The predicted octanol–water partition coefficient (Wildman–Crippen LogP) is 1.69. The molecule has 130 valence electrons. The molecule has 3 rings (SSSR count). The van der Waals surface area contributed by atoms with Gasteiger partial charge in [0.05, 0.1) is 7.11 Å². The summed E-state index contributed by atoms with van der Waals surface area (Å²) in [5.74, 6) is -2.44. The SMILES string of the molecule is COC(=O)CCC(C(=O)O)N1C(=O)c2cccc3cccc(c23)C1O. The van der Waals surface area contributed by atoms with Crippen LogP contribution in [0.4, 0.5) is 0 Å². The summed E-state index contributed by atoms with van der Waals surface area (Å²) in [6.45, 7) is 0. The molecule has 0 aliphatic carbocycles. The molecule has 1 amide bonds. The van der Waals surface area contributed by atoms with Gasteiger partial charge < -0.3 is 14.9 Å². The van der Waals surface area contributed by atoms with E-state index < -0.39 is 30.1 Å². The van der Waals surface area contributed by atoms with E-state index in [1.807, 2.05) is 12.1 Å². The zero-order chi connectivity index (χ0) is 18.1. The largest absolute Gasteiger partial charge is 0.480 e. The lowest BCUT2D eigenvalue weighted by Crippen LogP contribution is -2.49. The molecule has 0 fully saturated rings. The maximum Gasteiger partial charge on any atom is 0.326 e. The van der Waals surface area contributed by atoms with E-state index in [9.17, 15) is 24.6 Å². The number of nitrogens with zero attached hydrogens (tertiary/aromatic N) is 1. The van der Waals surface area contributed by atoms with E-state index in [2.05, 4.69) is 4.74 Å². The lowest BCUT2D eigenvalue weighted by molar-refractivity contribution is -0.148. The van der Waals surface area contributed by atoms with Crippen molar-refractivity contribution in [2.75, 3.05) is 7.11 Å². The summed E-state index contributed by atoms with van der Waals surface area (Å²) < 4.78 is 4.53. The number of esters is 1. The number of hydrogen-bond acceptors (Lipinski definition) is 5. The maximum atomic E-state index is 12.9. The maximum absolute atomic E-state index is 12.9. The topological polar surface area (TPSA) is 104 Å². The van der Waals surface area contributed by atoms with E-state index >= 15 is 0 Å². The summed E-state index contributed by atoms with van der Waals surface area (Å²) in [6.07, 6.45) is -1.72. The Morgan fingerprint density at radius 2 is 1.92 bits per heavy atom. The minimum absolute atomic E-state index is 0.150. The van der Waals surface area contributed by atoms with E-state index in [1.54, 1.807) is 24.3 Å². The second kappa shape index (κ2) is 6.52. The number of hydrogen-bond donors (Lipinski definition) is 2. The van der Waals surface area contributed by atoms with Crippen molar-refractivity contribution in [3.63, 3.8) is 0 Å². The fraction of sp³-hybridized carbons (Fsp3) is 0.278. The van der Waals surface area contributed by atoms with Gasteiger partial charge in [0.1, 0.15) is 6.04 Å². The molecule has 2 atom stereocenters. The third-order valence-corrected chi connectivity index (χ3v) is 4.41. The van der Waals surface area contributed by atoms with E-state index in [0.29, 0.717) is 16.5 Å². The van der Waals surface area contributed by atoms with Crippen LogP contribution in [0.3, 0.4) is 0 Å². The van der Waals surface area contributed by atoms with Crippen molar-refractivity contribution in [2.45, 2.75) is 25.1 Å². The van der Waals surface area contributed by atoms with Crippen molar-refractivity contribution in [2.24, 2.45) is 0 Å². The van der Waals surface area contributed by atoms with Crippen LogP contribution in [0.15, 0.2) is 36.4 Å². The Morgan fingerprint density at radius 3 is 2.56 bits per heavy atom. The summed E-state index contributed by atoms with van der Waals surface area (Å²) in [5, 5.41) is 21.6. The number of aliphatic hydroxyl groups excluding tert-OH is 1. The number of methoxy groups -OCH3 is 1. The molecule has 2 N–H and O–H groups in total. The first-order valence-corrected chi connectivity index (χ1v) is 7.77. The van der Waals surface area contributed by atoms with Crippen LogP contribution in [-0.4, -0.2) is 46.1 Å². The Bertz CT molecular complexity index is 857. The van der Waals surface area contributed by atoms with E-state index in [0.717, 1.165) is 10.3 Å². The Balaban J connectivity index is 2.04. The highest BCUT2D eigenvalue weighted by atomic mass is 16.5. The number of carbonyl (C=O) groups is 3. The number of carbonyl (C=O) groups excluding carboxylic acids is 2. The Hall–Kier alpha value is -2.93. The van der Waals surface area contributed by atoms with Crippen LogP contribution in [-0.2, 0) is 14.3 Å². The van der Waals surface area contributed by atoms with E-state index in [-0.39, 0.29) is 12.8 Å². The first-order valence-electron chi connectivity index (χ1n) is 7.77. The number of carboxylic acids is 1. The molecule has 25 heavy (non-hydrogen) atoms. The molecule has 7 heteroatoms. The van der Waals surface area contributed by atoms with Crippen LogP contribution in [0.25, 0.3) is 10.8 Å². The molecular formula is C18H17NO6. The quantitative estimate of drug-likeness (QED) is 0.801. The molecule has 0 radical (unpaired) electrons. The minimum atomic E-state index is -1.40. The summed E-state index contributed by atoms with van der Waals surface area (Å²) in [5.41, 5.74) is 0.805. The van der Waals surface area contributed by atoms with E-state index in [1.165, 1.54) is 7.11 Å². The number of rotatable bonds is 5. The van der Waals surface area contributed by atoms with Gasteiger partial charge in [-0.2, -0.15) is 0 Å². The minimum Gasteiger partial charge on any atom is -0.480 e. The van der Waals surface area contributed by atoms with Crippen LogP contribution in [0.5, 0.6) is 0 Å². The molecule has 1 heterocycles. The second-order valence-corrected chi connectivity index (χ2v) is 5.81. The van der Waals surface area contributed by atoms with E-state index in [4.69, 9.17) is 0 Å². The fourth-order valence-corrected chi connectivity index (χ4v) is 3.21. The number of carboxylic acid groups (broad SMARTS) is 1. The van der Waals surface area contributed by atoms with Gasteiger partial charge >= 0.3 is 11.9 Å². The zero-order valence-corrected chi connectivity index (χ0v) is 13.5. The van der Waals surface area contributed by atoms with Gasteiger partial charge in [-0.25, -0.2) is 4.79 Å². The van der Waals surface area contributed by atoms with Gasteiger partial charge in [0.25, 0.3) is 5.91 Å². The molecule has 2 unspecified atom stereocenters. The molecule has 1 aliphatic rings. The number of aliphatic carboxylic acids is 1. The molecule has 0 saturated heterocycles. The van der Waals surface area contributed by atoms with Crippen LogP contribution < -0.4 is 0 Å². The molecule has 2 aromatic rings. The van der Waals surface area contributed by atoms with Gasteiger partial charge in [0.15, 0.2) is 6.23 Å². The van der Waals surface area contributed by atoms with Gasteiger partial charge in [-0.05, 0) is 17.9 Å². The Kier molecular flexibility index (Phi) is 4.41. The lowest BCUT2D eigenvalue weighted by atomic mass is 9.92. The van der Waals surface area contributed by atoms with Crippen molar-refractivity contribution in [1.29, 1.82) is 0 Å². The molecule has 0 aromatic heterocycles. The average Bonchev–Trinajstić information content (AvgIpc) is 2.61. The van der Waals surface area contributed by atoms with Crippen molar-refractivity contribution in [1.82, 2.24) is 4.90 Å². The van der Waals surface area contributed by atoms with Crippen molar-refractivity contribution in [3.8, 4) is 0 Å². The molecule has 0 saturated carbocycles. The molecule has 7 nitrogen and oxygen atoms in total. The average molecular weight is 343 g/mol. The molecule has 0 bridgehead atoms. The zero-order valence-electron chi connectivity index (χ0n) is 13.5. The van der Waals surface area contributed by atoms with Gasteiger partial charge in [-0.3, -0.25) is 14.5 Å². The van der Waals surface area contributed by atoms with Gasteiger partial charge in [-0.1, -0.05) is 30.3 Å². The summed E-state index contributed by atoms with van der Waals surface area (Å²) in [6, 6.07) is 9.02. The highest BCUT2D eigenvalue weighted by Gasteiger charge is 2.40. The summed E-state index contributed by atoms with van der Waals surface area (Å²) >= 11 is 0. The Morgan fingerprint density at radius 1 is 1.24 bits per heavy atom. The first-order chi connectivity index (χ1) is 12.0. The third-order valence-electron chi connectivity index (χ3n) is 4.41. The number of ether oxygens (including phenoxy) is 1. The van der Waals surface area contributed by atoms with Crippen LogP contribution in [0.1, 0.15) is 35.0 Å². The normalized spacial score (nSPS) is 17.4. The standard InChI is InChI=1S/C18H17NO6/c1-25-14(20)9-8-13(18(23)24)19-16(21)11-6-2-4-10-5-3-7-12(15(10)11)17(19)22/h2-7,13,16,21H,8-9H2,1H3,(H,23,24). The molecule has 1 aliphatic heterocycles. The fourth-order valence-electron chi connectivity index (χ4n) is 3.21. The number of aliphatic hydroxyl groups is 1. The highest BCUT2D eigenvalue weighted by molar-refractivity contribution is 6.11. The van der Waals surface area contributed by atoms with Crippen LogP contribution in [0.2, 0.25) is 0 Å². The molecular weight excluding hydrogens is 326 g/mol. The number of benzene rings is 2. The van der Waals surface area contributed by atoms with Crippen molar-refractivity contribution >= 4 is 28.6 Å². The summed E-state index contributed by atoms with van der Waals surface area (Å²) in [4.78, 5) is 36.8. The monoisotopic (exact) mass is 343 g/mol. The van der Waals surface area contributed by atoms with Gasteiger partial charge in [-0.15, -0.1) is 0 Å². The number of amides is 1. The molecule has 0 spiro atoms. The van der Waals surface area contributed by atoms with Crippen molar-refractivity contribution < 1.29 is 29.3 Å². The highest BCUT2D eigenvalue weighted by Crippen LogP contribution is 2.37. The molecule has 2 aromatic carbocycles. The van der Waals surface area contributed by atoms with Crippen LogP contribution >= 0.6 is 0 Å². The predicted molar refractivity (Wildman–Crippen MR) is 87.8 cm³/mol. The first kappa shape index (κ1) is 16.9. The Labute approximate surface area is 143 Å². The van der Waals surface area contributed by atoms with Crippen LogP contribution in [0, 0.1) is 0 Å². The summed E-state index contributed by atoms with van der Waals surface area (Å²) in [7, 11) is 1.20. The second-order valence-electron chi connectivity index (χ2n) is 5.81. The lowest BCUT2D eigenvalue weighted by Gasteiger charge is -2.37. The third kappa shape index (κ3) is 2.83. The van der Waals surface area contributed by atoms with Gasteiger partial charge in [0.2, 0.25) is 0 Å². The van der Waals surface area contributed by atoms with Gasteiger partial charge in [0, 0.05) is 22.9 Å².